The van der Waals surface area contributed by atoms with Gasteiger partial charge in [-0.1, -0.05) is 19.3 Å². The Morgan fingerprint density at radius 3 is 2.21 bits per heavy atom. The van der Waals surface area contributed by atoms with E-state index < -0.39 is 0 Å². The van der Waals surface area contributed by atoms with Gasteiger partial charge in [0.25, 0.3) is 0 Å². The first-order chi connectivity index (χ1) is 6.66. The second kappa shape index (κ2) is 5.23. The van der Waals surface area contributed by atoms with E-state index in [0.29, 0.717) is 6.04 Å². The van der Waals surface area contributed by atoms with Crippen molar-refractivity contribution in [2.75, 3.05) is 20.6 Å². The van der Waals surface area contributed by atoms with E-state index in [1.54, 1.807) is 4.90 Å². The van der Waals surface area contributed by atoms with Crippen LogP contribution in [0.3, 0.4) is 0 Å². The molecule has 2 amide bonds. The lowest BCUT2D eigenvalue weighted by Gasteiger charge is -2.35. The predicted molar refractivity (Wildman–Crippen MR) is 58.3 cm³/mol. The molecule has 1 saturated carbocycles. The summed E-state index contributed by atoms with van der Waals surface area (Å²) < 4.78 is 0. The zero-order valence-corrected chi connectivity index (χ0v) is 9.62. The van der Waals surface area contributed by atoms with Crippen molar-refractivity contribution in [1.82, 2.24) is 9.80 Å². The van der Waals surface area contributed by atoms with Crippen LogP contribution in [0.25, 0.3) is 0 Å². The minimum absolute atomic E-state index is 0.166. The van der Waals surface area contributed by atoms with Gasteiger partial charge >= 0.3 is 6.03 Å². The fraction of sp³-hybridized carbons (Fsp3) is 0.909. The Bertz CT molecular complexity index is 186. The smallest absolute Gasteiger partial charge is 0.319 e. The molecule has 0 spiro atoms. The molecule has 1 aliphatic rings. The van der Waals surface area contributed by atoms with Gasteiger partial charge in [-0.05, 0) is 19.8 Å². The Balaban J connectivity index is 2.55. The van der Waals surface area contributed by atoms with Gasteiger partial charge in [0.05, 0.1) is 0 Å². The first kappa shape index (κ1) is 11.3. The van der Waals surface area contributed by atoms with Gasteiger partial charge in [0.15, 0.2) is 0 Å². The predicted octanol–water partition coefficient (Wildman–Crippen LogP) is 2.32. The van der Waals surface area contributed by atoms with Crippen molar-refractivity contribution in [2.45, 2.75) is 45.1 Å². The Hall–Kier alpha value is -0.730. The van der Waals surface area contributed by atoms with Crippen LogP contribution < -0.4 is 0 Å². The molecule has 1 fully saturated rings. The molecule has 0 saturated heterocycles. The molecule has 0 aromatic carbocycles. The number of amides is 2. The fourth-order valence-electron chi connectivity index (χ4n) is 2.20. The minimum atomic E-state index is 0.166. The van der Waals surface area contributed by atoms with Crippen LogP contribution in [0.5, 0.6) is 0 Å². The first-order valence-corrected chi connectivity index (χ1v) is 5.64. The van der Waals surface area contributed by atoms with Crippen LogP contribution in [-0.4, -0.2) is 42.5 Å². The van der Waals surface area contributed by atoms with Crippen LogP contribution in [0.4, 0.5) is 4.79 Å². The monoisotopic (exact) mass is 198 g/mol. The maximum atomic E-state index is 11.8. The number of hydrogen-bond acceptors (Lipinski definition) is 1. The molecule has 14 heavy (non-hydrogen) atoms. The van der Waals surface area contributed by atoms with Gasteiger partial charge in [-0.3, -0.25) is 0 Å². The second-order valence-electron chi connectivity index (χ2n) is 4.25. The zero-order chi connectivity index (χ0) is 10.6. The third-order valence-electron chi connectivity index (χ3n) is 2.98. The Kier molecular flexibility index (Phi) is 4.23. The summed E-state index contributed by atoms with van der Waals surface area (Å²) in [6.07, 6.45) is 6.27. The number of rotatable bonds is 2. The van der Waals surface area contributed by atoms with Gasteiger partial charge in [-0.15, -0.1) is 0 Å². The third kappa shape index (κ3) is 2.63. The lowest BCUT2D eigenvalue weighted by Crippen LogP contribution is -2.46. The van der Waals surface area contributed by atoms with Gasteiger partial charge < -0.3 is 9.80 Å². The standard InChI is InChI=1S/C11H22N2O/c1-4-13(11(14)12(2)3)10-8-6-5-7-9-10/h10H,4-9H2,1-3H3. The molecule has 0 aromatic heterocycles. The summed E-state index contributed by atoms with van der Waals surface area (Å²) in [6, 6.07) is 0.656. The molecule has 0 aliphatic heterocycles. The topological polar surface area (TPSA) is 23.6 Å². The van der Waals surface area contributed by atoms with Crippen molar-refractivity contribution in [3.8, 4) is 0 Å². The van der Waals surface area contributed by atoms with Crippen LogP contribution in [0.1, 0.15) is 39.0 Å². The maximum absolute atomic E-state index is 11.8. The number of nitrogens with zero attached hydrogens (tertiary/aromatic N) is 2. The molecular weight excluding hydrogens is 176 g/mol. The second-order valence-corrected chi connectivity index (χ2v) is 4.25. The van der Waals surface area contributed by atoms with Crippen molar-refractivity contribution in [1.29, 1.82) is 0 Å². The number of hydrogen-bond donors (Lipinski definition) is 0. The number of carbonyl (C=O) groups excluding carboxylic acids is 1. The Morgan fingerprint density at radius 1 is 1.21 bits per heavy atom. The van der Waals surface area contributed by atoms with Crippen LogP contribution >= 0.6 is 0 Å². The van der Waals surface area contributed by atoms with Gasteiger partial charge in [0.2, 0.25) is 0 Å². The summed E-state index contributed by atoms with van der Waals surface area (Å²) >= 11 is 0. The van der Waals surface area contributed by atoms with Crippen molar-refractivity contribution in [2.24, 2.45) is 0 Å². The van der Waals surface area contributed by atoms with E-state index in [4.69, 9.17) is 0 Å². The van der Waals surface area contributed by atoms with E-state index in [9.17, 15) is 4.79 Å². The van der Waals surface area contributed by atoms with Gasteiger partial charge in [-0.2, -0.15) is 0 Å². The van der Waals surface area contributed by atoms with E-state index in [-0.39, 0.29) is 6.03 Å². The van der Waals surface area contributed by atoms with Crippen LogP contribution in [0.15, 0.2) is 0 Å². The Morgan fingerprint density at radius 2 is 1.79 bits per heavy atom. The van der Waals surface area contributed by atoms with Crippen LogP contribution in [0.2, 0.25) is 0 Å². The van der Waals surface area contributed by atoms with Gasteiger partial charge in [0, 0.05) is 26.7 Å². The van der Waals surface area contributed by atoms with E-state index in [1.165, 1.54) is 32.1 Å². The summed E-state index contributed by atoms with van der Waals surface area (Å²) in [7, 11) is 3.65. The molecule has 0 bridgehead atoms. The molecule has 0 radical (unpaired) electrons. The molecule has 0 unspecified atom stereocenters. The highest BCUT2D eigenvalue weighted by Gasteiger charge is 2.24. The van der Waals surface area contributed by atoms with Crippen molar-refractivity contribution in [3.05, 3.63) is 0 Å². The third-order valence-corrected chi connectivity index (χ3v) is 2.98. The fourth-order valence-corrected chi connectivity index (χ4v) is 2.20. The highest BCUT2D eigenvalue weighted by atomic mass is 16.2. The van der Waals surface area contributed by atoms with Gasteiger partial charge in [-0.25, -0.2) is 4.79 Å². The largest absolute Gasteiger partial charge is 0.331 e. The van der Waals surface area contributed by atoms with E-state index in [1.807, 2.05) is 19.0 Å². The normalized spacial score (nSPS) is 17.9. The zero-order valence-electron chi connectivity index (χ0n) is 9.62. The average Bonchev–Trinajstić information content (AvgIpc) is 2.20. The average molecular weight is 198 g/mol. The summed E-state index contributed by atoms with van der Waals surface area (Å²) in [6.45, 7) is 2.90. The molecule has 3 heteroatoms. The lowest BCUT2D eigenvalue weighted by atomic mass is 9.94. The number of urea groups is 1. The molecule has 1 aliphatic carbocycles. The lowest BCUT2D eigenvalue weighted by molar-refractivity contribution is 0.137. The number of carbonyl (C=O) groups is 1. The highest BCUT2D eigenvalue weighted by molar-refractivity contribution is 5.74. The van der Waals surface area contributed by atoms with Gasteiger partial charge in [0.1, 0.15) is 0 Å². The van der Waals surface area contributed by atoms with Crippen molar-refractivity contribution < 1.29 is 4.79 Å². The molecule has 0 aromatic rings. The first-order valence-electron chi connectivity index (χ1n) is 5.64. The molecule has 1 rings (SSSR count). The highest BCUT2D eigenvalue weighted by Crippen LogP contribution is 2.22. The van der Waals surface area contributed by atoms with E-state index in [0.717, 1.165) is 6.54 Å². The van der Waals surface area contributed by atoms with E-state index in [2.05, 4.69) is 6.92 Å². The molecular formula is C11H22N2O. The molecule has 0 atom stereocenters. The van der Waals surface area contributed by atoms with Crippen LogP contribution in [0, 0.1) is 0 Å². The molecule has 0 N–H and O–H groups in total. The van der Waals surface area contributed by atoms with Crippen molar-refractivity contribution >= 4 is 6.03 Å². The minimum Gasteiger partial charge on any atom is -0.331 e. The summed E-state index contributed by atoms with van der Waals surface area (Å²) in [5, 5.41) is 0. The summed E-state index contributed by atoms with van der Waals surface area (Å²) in [5.41, 5.74) is 0. The Labute approximate surface area is 87.1 Å². The summed E-state index contributed by atoms with van der Waals surface area (Å²) in [5.74, 6) is 0. The molecule has 82 valence electrons. The molecule has 3 nitrogen and oxygen atoms in total. The molecule has 0 heterocycles. The SMILES string of the molecule is CCN(C(=O)N(C)C)C1CCCCC1. The van der Waals surface area contributed by atoms with Crippen LogP contribution in [-0.2, 0) is 0 Å². The quantitative estimate of drug-likeness (QED) is 0.668. The van der Waals surface area contributed by atoms with Crippen molar-refractivity contribution in [3.63, 3.8) is 0 Å². The summed E-state index contributed by atoms with van der Waals surface area (Å²) in [4.78, 5) is 15.5. The maximum Gasteiger partial charge on any atom is 0.319 e. The van der Waals surface area contributed by atoms with E-state index >= 15 is 0 Å².